The highest BCUT2D eigenvalue weighted by Crippen LogP contribution is 2.41. The summed E-state index contributed by atoms with van der Waals surface area (Å²) in [6.45, 7) is 4.56. The molecule has 0 saturated heterocycles. The molecule has 134 valence electrons. The molecule has 3 rings (SSSR count). The van der Waals surface area contributed by atoms with Crippen LogP contribution in [0.25, 0.3) is 0 Å². The molecule has 2 aromatic rings. The highest BCUT2D eigenvalue weighted by molar-refractivity contribution is 7.99. The molecule has 2 atom stereocenters. The van der Waals surface area contributed by atoms with Crippen LogP contribution in [0.15, 0.2) is 47.4 Å². The maximum atomic E-state index is 6.32. The Morgan fingerprint density at radius 1 is 1.12 bits per heavy atom. The van der Waals surface area contributed by atoms with Crippen LogP contribution in [0, 0.1) is 0 Å². The fourth-order valence-corrected chi connectivity index (χ4v) is 5.18. The molecular formula is C21H25Cl2NS. The van der Waals surface area contributed by atoms with E-state index in [1.54, 1.807) is 0 Å². The largest absolute Gasteiger partial charge is 0.300 e. The van der Waals surface area contributed by atoms with E-state index in [4.69, 9.17) is 23.2 Å². The molecular weight excluding hydrogens is 369 g/mol. The summed E-state index contributed by atoms with van der Waals surface area (Å²) < 4.78 is 0. The lowest BCUT2D eigenvalue weighted by molar-refractivity contribution is 0.298. The summed E-state index contributed by atoms with van der Waals surface area (Å²) in [6.07, 6.45) is 4.77. The van der Waals surface area contributed by atoms with E-state index in [1.807, 2.05) is 23.9 Å². The van der Waals surface area contributed by atoms with E-state index >= 15 is 0 Å². The second-order valence-electron chi connectivity index (χ2n) is 6.81. The first-order chi connectivity index (χ1) is 12.1. The van der Waals surface area contributed by atoms with E-state index in [1.165, 1.54) is 35.3 Å². The monoisotopic (exact) mass is 393 g/mol. The van der Waals surface area contributed by atoms with E-state index in [0.717, 1.165) is 12.2 Å². The van der Waals surface area contributed by atoms with Gasteiger partial charge in [0.2, 0.25) is 0 Å². The fraction of sp³-hybridized carbons (Fsp3) is 0.429. The molecule has 1 nitrogen and oxygen atoms in total. The maximum absolute atomic E-state index is 6.32. The van der Waals surface area contributed by atoms with Crippen molar-refractivity contribution in [1.29, 1.82) is 0 Å². The highest BCUT2D eigenvalue weighted by atomic mass is 35.5. The Labute approximate surface area is 165 Å². The van der Waals surface area contributed by atoms with Crippen molar-refractivity contribution in [3.63, 3.8) is 0 Å². The van der Waals surface area contributed by atoms with Gasteiger partial charge in [-0.15, -0.1) is 11.8 Å². The first kappa shape index (κ1) is 19.1. The standard InChI is InChI=1S/C21H25Cl2NS/c1-3-5-12-21(4-2)14-25-19-9-7-6-8-16(19)20(24-21)15-10-11-17(22)18(23)13-15/h6-11,13,20,24H,3-5,12,14H2,1-2H3. The Kier molecular flexibility index (Phi) is 6.38. The van der Waals surface area contributed by atoms with Crippen LogP contribution in [-0.4, -0.2) is 11.3 Å². The van der Waals surface area contributed by atoms with Crippen LogP contribution in [0.4, 0.5) is 0 Å². The molecule has 0 fully saturated rings. The number of rotatable bonds is 5. The third-order valence-corrected chi connectivity index (χ3v) is 7.27. The Morgan fingerprint density at radius 2 is 1.92 bits per heavy atom. The zero-order valence-corrected chi connectivity index (χ0v) is 17.1. The molecule has 0 spiro atoms. The first-order valence-electron chi connectivity index (χ1n) is 9.03. The van der Waals surface area contributed by atoms with Gasteiger partial charge in [-0.2, -0.15) is 0 Å². The summed E-state index contributed by atoms with van der Waals surface area (Å²) in [5, 5.41) is 5.23. The third kappa shape index (κ3) is 4.19. The quantitative estimate of drug-likeness (QED) is 0.580. The van der Waals surface area contributed by atoms with Crippen molar-refractivity contribution in [2.45, 2.75) is 56.0 Å². The van der Waals surface area contributed by atoms with Crippen LogP contribution in [-0.2, 0) is 0 Å². The smallest absolute Gasteiger partial charge is 0.0595 e. The molecule has 1 aliphatic heterocycles. The maximum Gasteiger partial charge on any atom is 0.0595 e. The van der Waals surface area contributed by atoms with Gasteiger partial charge in [-0.05, 0) is 42.2 Å². The summed E-state index contributed by atoms with van der Waals surface area (Å²) in [6, 6.07) is 14.9. The van der Waals surface area contributed by atoms with Gasteiger partial charge >= 0.3 is 0 Å². The van der Waals surface area contributed by atoms with Gasteiger partial charge in [0.25, 0.3) is 0 Å². The molecule has 4 heteroatoms. The predicted molar refractivity (Wildman–Crippen MR) is 111 cm³/mol. The molecule has 1 N–H and O–H groups in total. The Morgan fingerprint density at radius 3 is 2.64 bits per heavy atom. The molecule has 2 unspecified atom stereocenters. The van der Waals surface area contributed by atoms with Gasteiger partial charge in [-0.3, -0.25) is 5.32 Å². The first-order valence-corrected chi connectivity index (χ1v) is 10.8. The van der Waals surface area contributed by atoms with Crippen molar-refractivity contribution in [2.75, 3.05) is 5.75 Å². The molecule has 0 saturated carbocycles. The van der Waals surface area contributed by atoms with E-state index in [2.05, 4.69) is 49.5 Å². The number of thioether (sulfide) groups is 1. The van der Waals surface area contributed by atoms with E-state index < -0.39 is 0 Å². The number of hydrogen-bond donors (Lipinski definition) is 1. The minimum atomic E-state index is 0.135. The van der Waals surface area contributed by atoms with E-state index in [0.29, 0.717) is 10.0 Å². The fourth-order valence-electron chi connectivity index (χ4n) is 3.49. The second-order valence-corrected chi connectivity index (χ2v) is 8.65. The number of nitrogens with one attached hydrogen (secondary N) is 1. The van der Waals surface area contributed by atoms with Crippen LogP contribution in [0.5, 0.6) is 0 Å². The van der Waals surface area contributed by atoms with Gasteiger partial charge in [-0.25, -0.2) is 0 Å². The molecule has 0 aromatic heterocycles. The summed E-state index contributed by atoms with van der Waals surface area (Å²) >= 11 is 14.4. The summed E-state index contributed by atoms with van der Waals surface area (Å²) in [7, 11) is 0. The van der Waals surface area contributed by atoms with E-state index in [9.17, 15) is 0 Å². The lowest BCUT2D eigenvalue weighted by Gasteiger charge is -2.36. The Bertz CT molecular complexity index is 734. The summed E-state index contributed by atoms with van der Waals surface area (Å²) in [4.78, 5) is 1.36. The molecule has 25 heavy (non-hydrogen) atoms. The van der Waals surface area contributed by atoms with Gasteiger partial charge in [0, 0.05) is 16.2 Å². The Hall–Kier alpha value is -0.670. The molecule has 1 heterocycles. The number of hydrogen-bond acceptors (Lipinski definition) is 2. The van der Waals surface area contributed by atoms with Crippen LogP contribution < -0.4 is 5.32 Å². The number of benzene rings is 2. The van der Waals surface area contributed by atoms with Gasteiger partial charge in [0.15, 0.2) is 0 Å². The van der Waals surface area contributed by atoms with Crippen LogP contribution in [0.3, 0.4) is 0 Å². The van der Waals surface area contributed by atoms with Gasteiger partial charge in [-0.1, -0.05) is 74.2 Å². The average molecular weight is 394 g/mol. The zero-order valence-electron chi connectivity index (χ0n) is 14.8. The topological polar surface area (TPSA) is 12.0 Å². The lowest BCUT2D eigenvalue weighted by atomic mass is 9.88. The van der Waals surface area contributed by atoms with Crippen molar-refractivity contribution >= 4 is 35.0 Å². The minimum Gasteiger partial charge on any atom is -0.300 e. The SMILES string of the molecule is CCCCC1(CC)CSc2ccccc2C(c2ccc(Cl)c(Cl)c2)N1. The van der Waals surface area contributed by atoms with Gasteiger partial charge in [0.05, 0.1) is 16.1 Å². The summed E-state index contributed by atoms with van der Waals surface area (Å²) in [5.74, 6) is 1.10. The van der Waals surface area contributed by atoms with E-state index in [-0.39, 0.29) is 11.6 Å². The molecule has 1 aliphatic rings. The van der Waals surface area contributed by atoms with Crippen LogP contribution in [0.2, 0.25) is 10.0 Å². The average Bonchev–Trinajstić information content (AvgIpc) is 2.80. The molecule has 0 radical (unpaired) electrons. The van der Waals surface area contributed by atoms with Crippen LogP contribution in [0.1, 0.15) is 56.7 Å². The number of fused-ring (bicyclic) bond motifs is 1. The highest BCUT2D eigenvalue weighted by Gasteiger charge is 2.35. The molecule has 2 aromatic carbocycles. The normalized spacial score (nSPS) is 23.1. The van der Waals surface area contributed by atoms with Crippen molar-refractivity contribution < 1.29 is 0 Å². The van der Waals surface area contributed by atoms with Crippen molar-refractivity contribution in [3.05, 3.63) is 63.6 Å². The number of halogens is 2. The van der Waals surface area contributed by atoms with Crippen molar-refractivity contribution in [2.24, 2.45) is 0 Å². The van der Waals surface area contributed by atoms with Gasteiger partial charge in [0.1, 0.15) is 0 Å². The molecule has 0 aliphatic carbocycles. The molecule has 0 amide bonds. The van der Waals surface area contributed by atoms with Crippen LogP contribution >= 0.6 is 35.0 Å². The minimum absolute atomic E-state index is 0.135. The summed E-state index contributed by atoms with van der Waals surface area (Å²) in [5.41, 5.74) is 2.65. The predicted octanol–water partition coefficient (Wildman–Crippen LogP) is 7.12. The third-order valence-electron chi connectivity index (χ3n) is 5.15. The van der Waals surface area contributed by atoms with Crippen molar-refractivity contribution in [3.8, 4) is 0 Å². The lowest BCUT2D eigenvalue weighted by Crippen LogP contribution is -2.48. The zero-order chi connectivity index (χ0) is 17.9. The van der Waals surface area contributed by atoms with Gasteiger partial charge < -0.3 is 0 Å². The molecule has 0 bridgehead atoms. The van der Waals surface area contributed by atoms with Crippen molar-refractivity contribution in [1.82, 2.24) is 5.32 Å². The number of unbranched alkanes of at least 4 members (excludes halogenated alkanes) is 1. The second kappa shape index (κ2) is 8.35. The Balaban J connectivity index is 2.05.